The van der Waals surface area contributed by atoms with Gasteiger partial charge in [-0.3, -0.25) is 4.79 Å². The number of halogens is 1. The zero-order chi connectivity index (χ0) is 15.5. The van der Waals surface area contributed by atoms with E-state index in [9.17, 15) is 4.79 Å². The van der Waals surface area contributed by atoms with Gasteiger partial charge in [0.25, 0.3) is 0 Å². The number of benzene rings is 2. The Balaban J connectivity index is 1.71. The summed E-state index contributed by atoms with van der Waals surface area (Å²) in [6, 6.07) is 16.9. The average Bonchev–Trinajstić information content (AvgIpc) is 2.85. The molecule has 0 saturated carbocycles. The summed E-state index contributed by atoms with van der Waals surface area (Å²) in [5, 5.41) is 0. The van der Waals surface area contributed by atoms with E-state index in [0.717, 1.165) is 12.8 Å². The van der Waals surface area contributed by atoms with Crippen molar-refractivity contribution < 1.29 is 9.53 Å². The number of cyclic esters (lactones) is 1. The molecule has 0 spiro atoms. The van der Waals surface area contributed by atoms with Crippen molar-refractivity contribution in [2.24, 2.45) is 11.8 Å². The molecule has 22 heavy (non-hydrogen) atoms. The minimum absolute atomic E-state index is 0.0265. The molecule has 1 fully saturated rings. The number of hydrogen-bond acceptors (Lipinski definition) is 2. The van der Waals surface area contributed by atoms with Gasteiger partial charge < -0.3 is 4.74 Å². The molecule has 2 aromatic carbocycles. The Morgan fingerprint density at radius 3 is 2.27 bits per heavy atom. The Morgan fingerprint density at radius 2 is 1.59 bits per heavy atom. The molecular formula is C19H19IO2. The largest absolute Gasteiger partial charge is 0.465 e. The molecule has 1 heterocycles. The lowest BCUT2D eigenvalue weighted by atomic mass is 9.85. The maximum atomic E-state index is 12.1. The molecule has 1 saturated heterocycles. The zero-order valence-corrected chi connectivity index (χ0v) is 14.7. The fourth-order valence-corrected chi connectivity index (χ4v) is 3.32. The highest BCUT2D eigenvalue weighted by molar-refractivity contribution is 14.1. The third-order valence-electron chi connectivity index (χ3n) is 4.30. The van der Waals surface area contributed by atoms with Crippen LogP contribution in [0.25, 0.3) is 0 Å². The number of esters is 1. The van der Waals surface area contributed by atoms with Gasteiger partial charge in [0.05, 0.1) is 12.5 Å². The maximum absolute atomic E-state index is 12.1. The highest BCUT2D eigenvalue weighted by Crippen LogP contribution is 2.29. The van der Waals surface area contributed by atoms with Gasteiger partial charge >= 0.3 is 5.97 Å². The van der Waals surface area contributed by atoms with E-state index in [1.807, 2.05) is 0 Å². The van der Waals surface area contributed by atoms with Crippen LogP contribution in [0, 0.1) is 22.3 Å². The van der Waals surface area contributed by atoms with E-state index in [1.165, 1.54) is 20.3 Å². The van der Waals surface area contributed by atoms with Gasteiger partial charge in [0.15, 0.2) is 0 Å². The lowest BCUT2D eigenvalue weighted by molar-refractivity contribution is -0.141. The lowest BCUT2D eigenvalue weighted by Gasteiger charge is -2.15. The number of carbonyl (C=O) groups excluding carboxylic acids is 1. The Morgan fingerprint density at radius 1 is 1.00 bits per heavy atom. The van der Waals surface area contributed by atoms with Crippen molar-refractivity contribution in [3.8, 4) is 0 Å². The highest BCUT2D eigenvalue weighted by atomic mass is 127. The van der Waals surface area contributed by atoms with E-state index in [0.29, 0.717) is 6.61 Å². The summed E-state index contributed by atoms with van der Waals surface area (Å²) in [4.78, 5) is 12.1. The standard InChI is InChI=1S/C19H19IO2/c1-13-2-4-14(5-3-13)10-16-12-22-19(21)18(16)11-15-6-8-17(20)9-7-15/h2-9,16,18H,10-12H2,1H3/t16-,18+/m0/s1. The minimum Gasteiger partial charge on any atom is -0.465 e. The molecule has 0 bridgehead atoms. The van der Waals surface area contributed by atoms with E-state index in [4.69, 9.17) is 4.74 Å². The van der Waals surface area contributed by atoms with Crippen LogP contribution in [0.3, 0.4) is 0 Å². The van der Waals surface area contributed by atoms with Crippen molar-refractivity contribution in [2.45, 2.75) is 19.8 Å². The normalized spacial score (nSPS) is 20.9. The molecular weight excluding hydrogens is 387 g/mol. The summed E-state index contributed by atoms with van der Waals surface area (Å²) in [6.07, 6.45) is 1.67. The Labute approximate surface area is 145 Å². The second-order valence-electron chi connectivity index (χ2n) is 6.02. The van der Waals surface area contributed by atoms with Gasteiger partial charge in [-0.1, -0.05) is 42.0 Å². The number of aryl methyl sites for hydroxylation is 1. The molecule has 0 radical (unpaired) electrons. The van der Waals surface area contributed by atoms with Gasteiger partial charge in [0.2, 0.25) is 0 Å². The number of rotatable bonds is 4. The fourth-order valence-electron chi connectivity index (χ4n) is 2.96. The van der Waals surface area contributed by atoms with Crippen LogP contribution < -0.4 is 0 Å². The topological polar surface area (TPSA) is 26.3 Å². The van der Waals surface area contributed by atoms with Crippen LogP contribution in [-0.2, 0) is 22.4 Å². The first-order valence-corrected chi connectivity index (χ1v) is 8.66. The molecule has 114 valence electrons. The van der Waals surface area contributed by atoms with Crippen LogP contribution >= 0.6 is 22.6 Å². The van der Waals surface area contributed by atoms with Crippen molar-refractivity contribution in [2.75, 3.05) is 6.61 Å². The minimum atomic E-state index is -0.0457. The number of ether oxygens (including phenoxy) is 1. The van der Waals surface area contributed by atoms with E-state index in [1.54, 1.807) is 0 Å². The van der Waals surface area contributed by atoms with Crippen LogP contribution in [0.5, 0.6) is 0 Å². The van der Waals surface area contributed by atoms with Crippen LogP contribution in [0.15, 0.2) is 48.5 Å². The summed E-state index contributed by atoms with van der Waals surface area (Å²) in [6.45, 7) is 2.63. The predicted molar refractivity (Wildman–Crippen MR) is 95.7 cm³/mol. The molecule has 2 nitrogen and oxygen atoms in total. The smallest absolute Gasteiger partial charge is 0.309 e. The van der Waals surface area contributed by atoms with Gasteiger partial charge in [0, 0.05) is 9.49 Å². The fraction of sp³-hybridized carbons (Fsp3) is 0.316. The van der Waals surface area contributed by atoms with Crippen molar-refractivity contribution in [1.29, 1.82) is 0 Å². The first kappa shape index (κ1) is 15.5. The Hall–Kier alpha value is -1.36. The molecule has 2 aromatic rings. The average molecular weight is 406 g/mol. The second kappa shape index (κ2) is 6.82. The monoisotopic (exact) mass is 406 g/mol. The van der Waals surface area contributed by atoms with E-state index in [-0.39, 0.29) is 17.8 Å². The summed E-state index contributed by atoms with van der Waals surface area (Å²) in [5.74, 6) is 0.200. The summed E-state index contributed by atoms with van der Waals surface area (Å²) < 4.78 is 6.54. The van der Waals surface area contributed by atoms with Gasteiger partial charge in [0.1, 0.15) is 0 Å². The molecule has 0 aromatic heterocycles. The first-order valence-electron chi connectivity index (χ1n) is 7.58. The zero-order valence-electron chi connectivity index (χ0n) is 12.6. The molecule has 2 atom stereocenters. The summed E-state index contributed by atoms with van der Waals surface area (Å²) in [7, 11) is 0. The molecule has 1 aliphatic rings. The third kappa shape index (κ3) is 3.69. The Kier molecular flexibility index (Phi) is 4.81. The van der Waals surface area contributed by atoms with Gasteiger partial charge in [-0.15, -0.1) is 0 Å². The Bertz CT molecular complexity index is 646. The number of hydrogen-bond donors (Lipinski definition) is 0. The van der Waals surface area contributed by atoms with Crippen molar-refractivity contribution in [3.63, 3.8) is 0 Å². The molecule has 3 heteroatoms. The SMILES string of the molecule is Cc1ccc(C[C@H]2COC(=O)[C@@H]2Cc2ccc(I)cc2)cc1. The molecule has 0 aliphatic carbocycles. The molecule has 3 rings (SSSR count). The summed E-state index contributed by atoms with van der Waals surface area (Å²) in [5.41, 5.74) is 3.75. The van der Waals surface area contributed by atoms with Crippen LogP contribution in [0.4, 0.5) is 0 Å². The number of carbonyl (C=O) groups is 1. The third-order valence-corrected chi connectivity index (χ3v) is 5.02. The van der Waals surface area contributed by atoms with Crippen molar-refractivity contribution in [3.05, 3.63) is 68.8 Å². The quantitative estimate of drug-likeness (QED) is 0.563. The van der Waals surface area contributed by atoms with E-state index in [2.05, 4.69) is 78.0 Å². The van der Waals surface area contributed by atoms with Gasteiger partial charge in [-0.25, -0.2) is 0 Å². The van der Waals surface area contributed by atoms with E-state index < -0.39 is 0 Å². The first-order chi connectivity index (χ1) is 10.6. The second-order valence-corrected chi connectivity index (χ2v) is 7.26. The lowest BCUT2D eigenvalue weighted by Crippen LogP contribution is -2.20. The van der Waals surface area contributed by atoms with Crippen molar-refractivity contribution in [1.82, 2.24) is 0 Å². The van der Waals surface area contributed by atoms with Gasteiger partial charge in [-0.05, 0) is 65.6 Å². The van der Waals surface area contributed by atoms with Crippen LogP contribution in [0.2, 0.25) is 0 Å². The molecule has 0 N–H and O–H groups in total. The molecule has 0 amide bonds. The van der Waals surface area contributed by atoms with Crippen LogP contribution in [0.1, 0.15) is 16.7 Å². The predicted octanol–water partition coefficient (Wildman–Crippen LogP) is 4.17. The van der Waals surface area contributed by atoms with Gasteiger partial charge in [-0.2, -0.15) is 0 Å². The van der Waals surface area contributed by atoms with Crippen LogP contribution in [-0.4, -0.2) is 12.6 Å². The molecule has 0 unspecified atom stereocenters. The summed E-state index contributed by atoms with van der Waals surface area (Å²) >= 11 is 2.30. The van der Waals surface area contributed by atoms with Crippen molar-refractivity contribution >= 4 is 28.6 Å². The van der Waals surface area contributed by atoms with E-state index >= 15 is 0 Å². The molecule has 1 aliphatic heterocycles. The highest BCUT2D eigenvalue weighted by Gasteiger charge is 2.36. The maximum Gasteiger partial charge on any atom is 0.309 e.